The van der Waals surface area contributed by atoms with Crippen LogP contribution in [0.15, 0.2) is 47.4 Å². The monoisotopic (exact) mass is 392 g/mol. The van der Waals surface area contributed by atoms with Crippen molar-refractivity contribution in [2.75, 3.05) is 52.4 Å². The van der Waals surface area contributed by atoms with Crippen molar-refractivity contribution in [3.8, 4) is 17.2 Å². The van der Waals surface area contributed by atoms with Crippen LogP contribution in [0.4, 0.5) is 5.69 Å². The number of hydrogen-bond acceptors (Lipinski definition) is 6. The zero-order valence-electron chi connectivity index (χ0n) is 15.7. The van der Waals surface area contributed by atoms with E-state index in [1.807, 2.05) is 18.2 Å². The predicted molar refractivity (Wildman–Crippen MR) is 104 cm³/mol. The van der Waals surface area contributed by atoms with Gasteiger partial charge in [0.15, 0.2) is 0 Å². The van der Waals surface area contributed by atoms with Crippen LogP contribution in [0.2, 0.25) is 0 Å². The highest BCUT2D eigenvalue weighted by Gasteiger charge is 2.29. The molecule has 1 fully saturated rings. The molecule has 8 heteroatoms. The average Bonchev–Trinajstić information content (AvgIpc) is 2.73. The first-order chi connectivity index (χ1) is 13.0. The van der Waals surface area contributed by atoms with Gasteiger partial charge in [0, 0.05) is 32.2 Å². The van der Waals surface area contributed by atoms with Crippen molar-refractivity contribution in [2.45, 2.75) is 4.90 Å². The zero-order chi connectivity index (χ0) is 19.4. The Labute approximate surface area is 160 Å². The topological polar surface area (TPSA) is 68.3 Å². The highest BCUT2D eigenvalue weighted by molar-refractivity contribution is 7.89. The number of piperazine rings is 1. The summed E-state index contributed by atoms with van der Waals surface area (Å²) in [7, 11) is 1.25. The van der Waals surface area contributed by atoms with Crippen LogP contribution in [0.25, 0.3) is 0 Å². The molecule has 0 saturated carbocycles. The molecule has 1 aliphatic heterocycles. The number of anilines is 1. The molecule has 0 N–H and O–H groups in total. The minimum absolute atomic E-state index is 0.277. The molecule has 0 spiro atoms. The lowest BCUT2D eigenvalue weighted by Crippen LogP contribution is -2.48. The molecule has 0 aromatic heterocycles. The van der Waals surface area contributed by atoms with Crippen molar-refractivity contribution >= 4 is 15.7 Å². The lowest BCUT2D eigenvalue weighted by atomic mass is 10.2. The highest BCUT2D eigenvalue weighted by atomic mass is 32.2. The number of hydrogen-bond donors (Lipinski definition) is 0. The molecule has 1 aliphatic rings. The molecule has 3 rings (SSSR count). The molecule has 0 unspecified atom stereocenters. The van der Waals surface area contributed by atoms with Gasteiger partial charge in [0.1, 0.15) is 17.2 Å². The van der Waals surface area contributed by atoms with Crippen LogP contribution in [0.3, 0.4) is 0 Å². The molecular formula is C19H24N2O5S. The summed E-state index contributed by atoms with van der Waals surface area (Å²) in [5.41, 5.74) is 0.930. The van der Waals surface area contributed by atoms with E-state index in [0.29, 0.717) is 37.7 Å². The molecule has 0 radical (unpaired) electrons. The third-order valence-electron chi connectivity index (χ3n) is 4.66. The van der Waals surface area contributed by atoms with Gasteiger partial charge in [0.25, 0.3) is 0 Å². The van der Waals surface area contributed by atoms with Gasteiger partial charge in [-0.25, -0.2) is 8.42 Å². The Hall–Kier alpha value is -2.45. The van der Waals surface area contributed by atoms with Crippen LogP contribution >= 0.6 is 0 Å². The summed E-state index contributed by atoms with van der Waals surface area (Å²) >= 11 is 0. The average molecular weight is 392 g/mol. The van der Waals surface area contributed by atoms with Crippen molar-refractivity contribution < 1.29 is 22.6 Å². The SMILES string of the molecule is COc1ccc(S(=O)(=O)N2CCN(c3ccc(OC)cc3OC)CC2)cc1. The van der Waals surface area contributed by atoms with Crippen LogP contribution in [0, 0.1) is 0 Å². The van der Waals surface area contributed by atoms with Gasteiger partial charge in [-0.05, 0) is 36.4 Å². The molecular weight excluding hydrogens is 368 g/mol. The molecule has 1 saturated heterocycles. The van der Waals surface area contributed by atoms with E-state index in [1.165, 1.54) is 4.31 Å². The first-order valence-corrected chi connectivity index (χ1v) is 10.0. The van der Waals surface area contributed by atoms with E-state index in [0.717, 1.165) is 11.4 Å². The predicted octanol–water partition coefficient (Wildman–Crippen LogP) is 2.22. The van der Waals surface area contributed by atoms with Gasteiger partial charge in [-0.1, -0.05) is 0 Å². The second-order valence-electron chi connectivity index (χ2n) is 6.10. The van der Waals surface area contributed by atoms with Crippen LogP contribution in [-0.4, -0.2) is 60.2 Å². The van der Waals surface area contributed by atoms with Crippen LogP contribution in [0.1, 0.15) is 0 Å². The number of ether oxygens (including phenoxy) is 3. The fourth-order valence-corrected chi connectivity index (χ4v) is 4.53. The summed E-state index contributed by atoms with van der Waals surface area (Å²) in [4.78, 5) is 2.40. The normalized spacial score (nSPS) is 15.4. The maximum atomic E-state index is 12.9. The minimum atomic E-state index is -3.52. The quantitative estimate of drug-likeness (QED) is 0.751. The summed E-state index contributed by atoms with van der Waals surface area (Å²) in [5.74, 6) is 2.06. The Bertz CT molecular complexity index is 875. The smallest absolute Gasteiger partial charge is 0.243 e. The molecule has 146 valence electrons. The third-order valence-corrected chi connectivity index (χ3v) is 6.58. The molecule has 2 aromatic rings. The number of methoxy groups -OCH3 is 3. The molecule has 0 aliphatic carbocycles. The maximum Gasteiger partial charge on any atom is 0.243 e. The molecule has 1 heterocycles. The number of rotatable bonds is 6. The number of nitrogens with zero attached hydrogens (tertiary/aromatic N) is 2. The summed E-state index contributed by atoms with van der Waals surface area (Å²) in [6.07, 6.45) is 0. The molecule has 7 nitrogen and oxygen atoms in total. The van der Waals surface area contributed by atoms with Gasteiger partial charge in [-0.15, -0.1) is 0 Å². The summed E-state index contributed by atoms with van der Waals surface area (Å²) in [5, 5.41) is 0. The Morgan fingerprint density at radius 3 is 1.93 bits per heavy atom. The Morgan fingerprint density at radius 2 is 1.37 bits per heavy atom. The maximum absolute atomic E-state index is 12.9. The van der Waals surface area contributed by atoms with Gasteiger partial charge in [0.2, 0.25) is 10.0 Å². The molecule has 0 amide bonds. The van der Waals surface area contributed by atoms with Gasteiger partial charge in [0.05, 0.1) is 31.9 Å². The van der Waals surface area contributed by atoms with E-state index in [2.05, 4.69) is 4.90 Å². The lowest BCUT2D eigenvalue weighted by molar-refractivity contribution is 0.375. The largest absolute Gasteiger partial charge is 0.497 e. The summed E-state index contributed by atoms with van der Waals surface area (Å²) < 4.78 is 43.0. The van der Waals surface area contributed by atoms with Crippen LogP contribution in [0.5, 0.6) is 17.2 Å². The number of sulfonamides is 1. The fourth-order valence-electron chi connectivity index (χ4n) is 3.11. The van der Waals surface area contributed by atoms with Gasteiger partial charge < -0.3 is 19.1 Å². The third kappa shape index (κ3) is 3.96. The second-order valence-corrected chi connectivity index (χ2v) is 8.04. The van der Waals surface area contributed by atoms with Gasteiger partial charge in [-0.2, -0.15) is 4.31 Å². The van der Waals surface area contributed by atoms with E-state index < -0.39 is 10.0 Å². The second kappa shape index (κ2) is 8.06. The Morgan fingerprint density at radius 1 is 0.778 bits per heavy atom. The van der Waals surface area contributed by atoms with E-state index in [9.17, 15) is 8.42 Å². The van der Waals surface area contributed by atoms with Crippen molar-refractivity contribution in [2.24, 2.45) is 0 Å². The standard InChI is InChI=1S/C19H24N2O5S/c1-24-15-4-7-17(8-5-15)27(22,23)21-12-10-20(11-13-21)18-9-6-16(25-2)14-19(18)26-3/h4-9,14H,10-13H2,1-3H3. The van der Waals surface area contributed by atoms with Crippen molar-refractivity contribution in [1.82, 2.24) is 4.31 Å². The van der Waals surface area contributed by atoms with Crippen LogP contribution < -0.4 is 19.1 Å². The van der Waals surface area contributed by atoms with Gasteiger partial charge in [-0.3, -0.25) is 0 Å². The number of benzene rings is 2. The highest BCUT2D eigenvalue weighted by Crippen LogP contribution is 2.33. The minimum Gasteiger partial charge on any atom is -0.497 e. The lowest BCUT2D eigenvalue weighted by Gasteiger charge is -2.36. The van der Waals surface area contributed by atoms with E-state index >= 15 is 0 Å². The zero-order valence-corrected chi connectivity index (χ0v) is 16.5. The first kappa shape index (κ1) is 19.3. The van der Waals surface area contributed by atoms with Gasteiger partial charge >= 0.3 is 0 Å². The van der Waals surface area contributed by atoms with Crippen LogP contribution in [-0.2, 0) is 10.0 Å². The molecule has 0 bridgehead atoms. The van der Waals surface area contributed by atoms with E-state index in [-0.39, 0.29) is 4.90 Å². The van der Waals surface area contributed by atoms with E-state index in [4.69, 9.17) is 14.2 Å². The summed E-state index contributed by atoms with van der Waals surface area (Å²) in [6.45, 7) is 1.98. The fraction of sp³-hybridized carbons (Fsp3) is 0.368. The van der Waals surface area contributed by atoms with E-state index in [1.54, 1.807) is 45.6 Å². The van der Waals surface area contributed by atoms with Crippen molar-refractivity contribution in [1.29, 1.82) is 0 Å². The summed E-state index contributed by atoms with van der Waals surface area (Å²) in [6, 6.07) is 12.1. The van der Waals surface area contributed by atoms with Crippen molar-refractivity contribution in [3.05, 3.63) is 42.5 Å². The molecule has 0 atom stereocenters. The molecule has 2 aromatic carbocycles. The molecule has 27 heavy (non-hydrogen) atoms. The first-order valence-electron chi connectivity index (χ1n) is 8.61. The van der Waals surface area contributed by atoms with Crippen molar-refractivity contribution in [3.63, 3.8) is 0 Å². The Balaban J connectivity index is 1.73. The Kier molecular flexibility index (Phi) is 5.76.